The maximum atomic E-state index is 13.6. The van der Waals surface area contributed by atoms with E-state index in [2.05, 4.69) is 17.2 Å². The van der Waals surface area contributed by atoms with E-state index in [1.807, 2.05) is 13.0 Å². The molecular weight excluding hydrogens is 588 g/mol. The van der Waals surface area contributed by atoms with Crippen LogP contribution in [0.2, 0.25) is 0 Å². The van der Waals surface area contributed by atoms with E-state index in [9.17, 15) is 29.4 Å². The second kappa shape index (κ2) is 11.8. The van der Waals surface area contributed by atoms with Gasteiger partial charge in [-0.15, -0.1) is 0 Å². The lowest BCUT2D eigenvalue weighted by molar-refractivity contribution is -0.181. The SMILES string of the molecule is CC12C=CC(=O)C=C1CCC1C2C(O)CC2(C)C1CCC2(O)C(=O)COC(=O)Cc1ccccc1N=Nc1ccc(C(=O)O)cc1. The van der Waals surface area contributed by atoms with Crippen molar-refractivity contribution in [1.82, 2.24) is 0 Å². The third kappa shape index (κ3) is 5.33. The molecule has 6 rings (SSSR count). The highest BCUT2D eigenvalue weighted by atomic mass is 16.5. The van der Waals surface area contributed by atoms with Crippen LogP contribution in [0.25, 0.3) is 0 Å². The summed E-state index contributed by atoms with van der Waals surface area (Å²) in [5.41, 5.74) is -0.539. The molecule has 3 fully saturated rings. The summed E-state index contributed by atoms with van der Waals surface area (Å²) in [5.74, 6) is -2.37. The summed E-state index contributed by atoms with van der Waals surface area (Å²) < 4.78 is 5.41. The lowest BCUT2D eigenvalue weighted by Crippen LogP contribution is -2.61. The number of aliphatic hydroxyl groups is 2. The molecule has 0 aliphatic heterocycles. The number of rotatable bonds is 8. The number of ether oxygens (including phenoxy) is 1. The van der Waals surface area contributed by atoms with E-state index >= 15 is 0 Å². The van der Waals surface area contributed by atoms with Gasteiger partial charge in [0.25, 0.3) is 0 Å². The predicted molar refractivity (Wildman–Crippen MR) is 167 cm³/mol. The number of carbonyl (C=O) groups is 4. The van der Waals surface area contributed by atoms with Gasteiger partial charge in [-0.3, -0.25) is 14.4 Å². The molecule has 7 unspecified atom stereocenters. The van der Waals surface area contributed by atoms with E-state index in [1.54, 1.807) is 36.4 Å². The quantitative estimate of drug-likeness (QED) is 0.257. The molecular formula is C36H38N2O8. The first kappa shape index (κ1) is 31.7. The number of carboxylic acids is 1. The zero-order valence-electron chi connectivity index (χ0n) is 25.9. The summed E-state index contributed by atoms with van der Waals surface area (Å²) in [6, 6.07) is 12.7. The first-order valence-electron chi connectivity index (χ1n) is 15.7. The van der Waals surface area contributed by atoms with Gasteiger partial charge in [0.05, 0.1) is 29.5 Å². The summed E-state index contributed by atoms with van der Waals surface area (Å²) in [5, 5.41) is 40.9. The molecule has 0 heterocycles. The minimum Gasteiger partial charge on any atom is -0.478 e. The Bertz CT molecular complexity index is 1680. The number of esters is 1. The van der Waals surface area contributed by atoms with Gasteiger partial charge < -0.3 is 20.1 Å². The molecule has 0 radical (unpaired) electrons. The summed E-state index contributed by atoms with van der Waals surface area (Å²) in [6.45, 7) is 3.37. The molecule has 0 bridgehead atoms. The van der Waals surface area contributed by atoms with Crippen molar-refractivity contribution in [2.75, 3.05) is 6.61 Å². The number of allylic oxidation sites excluding steroid dienone is 4. The van der Waals surface area contributed by atoms with Crippen LogP contribution >= 0.6 is 0 Å². The highest BCUT2D eigenvalue weighted by Crippen LogP contribution is 2.67. The second-order valence-electron chi connectivity index (χ2n) is 13.6. The monoisotopic (exact) mass is 626 g/mol. The molecule has 10 nitrogen and oxygen atoms in total. The molecule has 0 aromatic heterocycles. The largest absolute Gasteiger partial charge is 0.478 e. The Morgan fingerprint density at radius 1 is 1.02 bits per heavy atom. The van der Waals surface area contributed by atoms with Crippen molar-refractivity contribution in [3.05, 3.63) is 83.5 Å². The zero-order valence-corrected chi connectivity index (χ0v) is 25.9. The van der Waals surface area contributed by atoms with Crippen molar-refractivity contribution in [1.29, 1.82) is 0 Å². The standard InChI is InChI=1S/C36H38N2O8/c1-34-15-13-25(39)18-23(34)9-12-26-27-14-16-36(45,35(27,2)19-29(40)32(26)34)30(41)20-46-31(42)17-22-5-3-4-6-28(22)38-37-24-10-7-21(8-11-24)33(43)44/h3-8,10-11,13,15,18,26-27,29,32,40,45H,9,12,14,16-17,19-20H2,1-2H3,(H,43,44). The number of carboxylic acid groups (broad SMARTS) is 1. The molecule has 0 spiro atoms. The van der Waals surface area contributed by atoms with Crippen molar-refractivity contribution in [3.63, 3.8) is 0 Å². The Morgan fingerprint density at radius 2 is 1.76 bits per heavy atom. The lowest BCUT2D eigenvalue weighted by Gasteiger charge is -2.59. The third-order valence-corrected chi connectivity index (χ3v) is 11.2. The first-order chi connectivity index (χ1) is 21.9. The highest BCUT2D eigenvalue weighted by molar-refractivity contribution is 6.01. The maximum Gasteiger partial charge on any atom is 0.335 e. The van der Waals surface area contributed by atoms with E-state index in [4.69, 9.17) is 9.84 Å². The van der Waals surface area contributed by atoms with Gasteiger partial charge >= 0.3 is 11.9 Å². The Labute approximate surface area is 266 Å². The average Bonchev–Trinajstić information content (AvgIpc) is 3.30. The number of benzene rings is 2. The number of hydrogen-bond donors (Lipinski definition) is 3. The molecule has 7 atom stereocenters. The maximum absolute atomic E-state index is 13.6. The number of nitrogens with zero attached hydrogens (tertiary/aromatic N) is 2. The first-order valence-corrected chi connectivity index (χ1v) is 15.7. The minimum atomic E-state index is -1.75. The van der Waals surface area contributed by atoms with Crippen LogP contribution in [0.3, 0.4) is 0 Å². The Hall–Kier alpha value is -4.28. The van der Waals surface area contributed by atoms with Crippen LogP contribution in [0, 0.1) is 28.6 Å². The normalized spacial score (nSPS) is 33.1. The second-order valence-corrected chi connectivity index (χ2v) is 13.6. The molecule has 4 aliphatic carbocycles. The molecule has 3 saturated carbocycles. The third-order valence-electron chi connectivity index (χ3n) is 11.2. The van der Waals surface area contributed by atoms with Crippen LogP contribution in [0.1, 0.15) is 61.9 Å². The number of azo groups is 1. The molecule has 240 valence electrons. The van der Waals surface area contributed by atoms with E-state index in [1.165, 1.54) is 24.3 Å². The zero-order chi connectivity index (χ0) is 32.9. The van der Waals surface area contributed by atoms with Crippen molar-refractivity contribution in [2.45, 2.75) is 64.1 Å². The van der Waals surface area contributed by atoms with Crippen LogP contribution < -0.4 is 0 Å². The summed E-state index contributed by atoms with van der Waals surface area (Å²) in [7, 11) is 0. The van der Waals surface area contributed by atoms with Crippen LogP contribution in [0.5, 0.6) is 0 Å². The predicted octanol–water partition coefficient (Wildman–Crippen LogP) is 5.46. The van der Waals surface area contributed by atoms with Gasteiger partial charge in [-0.2, -0.15) is 10.2 Å². The van der Waals surface area contributed by atoms with Crippen molar-refractivity contribution < 1.29 is 39.2 Å². The van der Waals surface area contributed by atoms with Gasteiger partial charge in [-0.1, -0.05) is 43.7 Å². The van der Waals surface area contributed by atoms with Crippen LogP contribution in [0.4, 0.5) is 11.4 Å². The van der Waals surface area contributed by atoms with Crippen LogP contribution in [0.15, 0.2) is 82.6 Å². The molecule has 0 amide bonds. The minimum absolute atomic E-state index is 0.00692. The van der Waals surface area contributed by atoms with E-state index in [0.29, 0.717) is 23.4 Å². The van der Waals surface area contributed by atoms with Crippen molar-refractivity contribution >= 4 is 34.9 Å². The topological polar surface area (TPSA) is 163 Å². The fourth-order valence-corrected chi connectivity index (χ4v) is 8.80. The van der Waals surface area contributed by atoms with E-state index in [0.717, 1.165) is 18.4 Å². The summed E-state index contributed by atoms with van der Waals surface area (Å²) in [6.07, 6.45) is 6.84. The van der Waals surface area contributed by atoms with E-state index < -0.39 is 46.9 Å². The smallest absolute Gasteiger partial charge is 0.335 e. The van der Waals surface area contributed by atoms with Gasteiger partial charge in [-0.05, 0) is 92.0 Å². The number of carbonyl (C=O) groups excluding carboxylic acids is 3. The Kier molecular flexibility index (Phi) is 8.14. The molecule has 46 heavy (non-hydrogen) atoms. The van der Waals surface area contributed by atoms with Gasteiger partial charge in [0.1, 0.15) is 5.60 Å². The fraction of sp³-hybridized carbons (Fsp3) is 0.444. The number of Topliss-reactive ketones (excluding diaryl/α,β-unsaturated/α-hetero) is 1. The van der Waals surface area contributed by atoms with Gasteiger partial charge in [0.15, 0.2) is 12.4 Å². The average molecular weight is 627 g/mol. The number of ketones is 2. The Morgan fingerprint density at radius 3 is 2.50 bits per heavy atom. The fourth-order valence-electron chi connectivity index (χ4n) is 8.80. The highest BCUT2D eigenvalue weighted by Gasteiger charge is 2.68. The molecule has 0 saturated heterocycles. The number of aliphatic hydroxyl groups excluding tert-OH is 1. The molecule has 4 aliphatic rings. The molecule has 2 aromatic carbocycles. The van der Waals surface area contributed by atoms with Crippen molar-refractivity contribution in [2.24, 2.45) is 38.8 Å². The van der Waals surface area contributed by atoms with Crippen LogP contribution in [-0.4, -0.2) is 57.1 Å². The number of aromatic carboxylic acids is 1. The number of hydrogen-bond acceptors (Lipinski definition) is 9. The summed E-state index contributed by atoms with van der Waals surface area (Å²) in [4.78, 5) is 49.7. The van der Waals surface area contributed by atoms with Crippen LogP contribution in [-0.2, 0) is 25.5 Å². The summed E-state index contributed by atoms with van der Waals surface area (Å²) >= 11 is 0. The van der Waals surface area contributed by atoms with Crippen molar-refractivity contribution in [3.8, 4) is 0 Å². The van der Waals surface area contributed by atoms with Gasteiger partial charge in [-0.25, -0.2) is 4.79 Å². The Balaban J connectivity index is 1.11. The lowest BCUT2D eigenvalue weighted by atomic mass is 9.46. The van der Waals surface area contributed by atoms with Gasteiger partial charge in [0, 0.05) is 16.7 Å². The van der Waals surface area contributed by atoms with E-state index in [-0.39, 0.29) is 48.4 Å². The van der Waals surface area contributed by atoms with Gasteiger partial charge in [0.2, 0.25) is 5.78 Å². The molecule has 10 heteroatoms. The molecule has 3 N–H and O–H groups in total. The number of fused-ring (bicyclic) bond motifs is 5. The molecule has 2 aromatic rings.